The molecule has 1 aliphatic rings. The van der Waals surface area contributed by atoms with Crippen LogP contribution in [0.25, 0.3) is 0 Å². The maximum atomic E-state index is 12.4. The van der Waals surface area contributed by atoms with Gasteiger partial charge in [0.25, 0.3) is 0 Å². The molecule has 1 heterocycles. The number of aliphatic hydroxyl groups is 1. The van der Waals surface area contributed by atoms with Crippen molar-refractivity contribution in [3.8, 4) is 0 Å². The number of benzene rings is 1. The third kappa shape index (κ3) is 3.65. The highest BCUT2D eigenvalue weighted by Crippen LogP contribution is 2.25. The molecule has 0 aliphatic carbocycles. The predicted octanol–water partition coefficient (Wildman–Crippen LogP) is 1.56. The number of nitrogens with one attached hydrogen (secondary N) is 1. The average Bonchev–Trinajstić information content (AvgIpc) is 2.94. The molecule has 3 atom stereocenters. The quantitative estimate of drug-likeness (QED) is 0.838. The maximum absolute atomic E-state index is 12.4. The molecule has 0 bridgehead atoms. The zero-order valence-electron chi connectivity index (χ0n) is 13.2. The monoisotopic (exact) mass is 304 g/mol. The molecule has 1 aliphatic heterocycles. The Balaban J connectivity index is 1.99. The molecule has 5 nitrogen and oxygen atoms in total. The molecule has 1 aromatic carbocycles. The van der Waals surface area contributed by atoms with Crippen LogP contribution in [0.15, 0.2) is 30.3 Å². The van der Waals surface area contributed by atoms with Crippen molar-refractivity contribution in [2.24, 2.45) is 11.8 Å². The molecule has 2 N–H and O–H groups in total. The first-order valence-electron chi connectivity index (χ1n) is 7.83. The Kier molecular flexibility index (Phi) is 5.55. The molecule has 2 rings (SSSR count). The summed E-state index contributed by atoms with van der Waals surface area (Å²) in [7, 11) is 0. The minimum Gasteiger partial charge on any atom is -0.394 e. The van der Waals surface area contributed by atoms with Gasteiger partial charge in [-0.1, -0.05) is 38.5 Å². The Hall–Kier alpha value is -1.88. The van der Waals surface area contributed by atoms with Gasteiger partial charge in [0.05, 0.1) is 18.6 Å². The third-order valence-corrected chi connectivity index (χ3v) is 4.42. The summed E-state index contributed by atoms with van der Waals surface area (Å²) >= 11 is 0. The third-order valence-electron chi connectivity index (χ3n) is 4.42. The van der Waals surface area contributed by atoms with E-state index in [9.17, 15) is 14.7 Å². The zero-order valence-corrected chi connectivity index (χ0v) is 13.2. The lowest BCUT2D eigenvalue weighted by Gasteiger charge is -2.24. The Bertz CT molecular complexity index is 518. The molecule has 120 valence electrons. The number of hydrogen-bond acceptors (Lipinski definition) is 3. The van der Waals surface area contributed by atoms with Crippen LogP contribution in [0, 0.1) is 11.8 Å². The van der Waals surface area contributed by atoms with Crippen molar-refractivity contribution in [2.45, 2.75) is 32.7 Å². The van der Waals surface area contributed by atoms with Crippen molar-refractivity contribution >= 4 is 17.5 Å². The van der Waals surface area contributed by atoms with Crippen molar-refractivity contribution in [3.63, 3.8) is 0 Å². The normalized spacial score (nSPS) is 20.8. The molecule has 1 unspecified atom stereocenters. The summed E-state index contributed by atoms with van der Waals surface area (Å²) in [6.07, 6.45) is 1.10. The molecule has 5 heteroatoms. The van der Waals surface area contributed by atoms with Gasteiger partial charge in [0.1, 0.15) is 0 Å². The summed E-state index contributed by atoms with van der Waals surface area (Å²) in [5, 5.41) is 12.3. The second kappa shape index (κ2) is 7.40. The van der Waals surface area contributed by atoms with Crippen molar-refractivity contribution < 1.29 is 14.7 Å². The number of nitrogens with zero attached hydrogens (tertiary/aromatic N) is 1. The van der Waals surface area contributed by atoms with E-state index in [-0.39, 0.29) is 42.7 Å². The topological polar surface area (TPSA) is 69.6 Å². The Labute approximate surface area is 131 Å². The second-order valence-electron chi connectivity index (χ2n) is 5.92. The van der Waals surface area contributed by atoms with E-state index in [0.717, 1.165) is 12.1 Å². The number of rotatable bonds is 6. The number of hydrogen-bond donors (Lipinski definition) is 2. The average molecular weight is 304 g/mol. The highest BCUT2D eigenvalue weighted by molar-refractivity contribution is 6.00. The van der Waals surface area contributed by atoms with Crippen molar-refractivity contribution in [2.75, 3.05) is 18.1 Å². The standard InChI is InChI=1S/C17H24N2O3/c1-3-12(2)15(11-20)18-17(22)13-9-16(21)19(10-13)14-7-5-4-6-8-14/h4-8,12-13,15,20H,3,9-11H2,1-2H3,(H,18,22)/t12-,13?,15-/m1/s1. The van der Waals surface area contributed by atoms with Gasteiger partial charge in [-0.25, -0.2) is 0 Å². The van der Waals surface area contributed by atoms with Crippen LogP contribution in [0.5, 0.6) is 0 Å². The molecule has 22 heavy (non-hydrogen) atoms. The number of carbonyl (C=O) groups is 2. The van der Waals surface area contributed by atoms with Crippen LogP contribution in [-0.2, 0) is 9.59 Å². The molecule has 1 aromatic rings. The molecule has 0 spiro atoms. The van der Waals surface area contributed by atoms with Crippen LogP contribution >= 0.6 is 0 Å². The van der Waals surface area contributed by atoms with E-state index in [1.165, 1.54) is 0 Å². The van der Waals surface area contributed by atoms with E-state index in [4.69, 9.17) is 0 Å². The second-order valence-corrected chi connectivity index (χ2v) is 5.92. The first kappa shape index (κ1) is 16.5. The smallest absolute Gasteiger partial charge is 0.227 e. The minimum absolute atomic E-state index is 0.0320. The zero-order chi connectivity index (χ0) is 16.1. The lowest BCUT2D eigenvalue weighted by molar-refractivity contribution is -0.127. The van der Waals surface area contributed by atoms with Gasteiger partial charge in [-0.05, 0) is 18.1 Å². The highest BCUT2D eigenvalue weighted by Gasteiger charge is 2.36. The van der Waals surface area contributed by atoms with Crippen LogP contribution in [0.4, 0.5) is 5.69 Å². The van der Waals surface area contributed by atoms with Crippen LogP contribution < -0.4 is 10.2 Å². The SMILES string of the molecule is CC[C@@H](C)[C@@H](CO)NC(=O)C1CC(=O)N(c2ccccc2)C1. The predicted molar refractivity (Wildman–Crippen MR) is 85.4 cm³/mol. The van der Waals surface area contributed by atoms with Crippen molar-refractivity contribution in [1.29, 1.82) is 0 Å². The van der Waals surface area contributed by atoms with Crippen LogP contribution in [0.1, 0.15) is 26.7 Å². The largest absolute Gasteiger partial charge is 0.394 e. The van der Waals surface area contributed by atoms with Gasteiger partial charge in [0.2, 0.25) is 11.8 Å². The van der Waals surface area contributed by atoms with E-state index in [1.54, 1.807) is 4.90 Å². The molecule has 0 radical (unpaired) electrons. The summed E-state index contributed by atoms with van der Waals surface area (Å²) in [4.78, 5) is 26.1. The number of amides is 2. The Morgan fingerprint density at radius 2 is 2.09 bits per heavy atom. The van der Waals surface area contributed by atoms with E-state index in [2.05, 4.69) is 5.32 Å². The van der Waals surface area contributed by atoms with Gasteiger partial charge in [0, 0.05) is 18.7 Å². The molecular formula is C17H24N2O3. The Morgan fingerprint density at radius 1 is 1.41 bits per heavy atom. The fourth-order valence-corrected chi connectivity index (χ4v) is 2.69. The van der Waals surface area contributed by atoms with Gasteiger partial charge in [-0.2, -0.15) is 0 Å². The minimum atomic E-state index is -0.356. The Morgan fingerprint density at radius 3 is 2.68 bits per heavy atom. The number of anilines is 1. The van der Waals surface area contributed by atoms with E-state index < -0.39 is 0 Å². The molecule has 1 saturated heterocycles. The molecule has 2 amide bonds. The molecule has 0 aromatic heterocycles. The number of carbonyl (C=O) groups excluding carboxylic acids is 2. The first-order chi connectivity index (χ1) is 10.6. The maximum Gasteiger partial charge on any atom is 0.227 e. The van der Waals surface area contributed by atoms with Gasteiger partial charge in [-0.15, -0.1) is 0 Å². The van der Waals surface area contributed by atoms with Crippen molar-refractivity contribution in [1.82, 2.24) is 5.32 Å². The van der Waals surface area contributed by atoms with Crippen LogP contribution in [-0.4, -0.2) is 36.1 Å². The fraction of sp³-hybridized carbons (Fsp3) is 0.529. The summed E-state index contributed by atoms with van der Waals surface area (Å²) < 4.78 is 0. The van der Waals surface area contributed by atoms with Gasteiger partial charge in [-0.3, -0.25) is 9.59 Å². The molecule has 1 fully saturated rings. The van der Waals surface area contributed by atoms with Crippen LogP contribution in [0.2, 0.25) is 0 Å². The highest BCUT2D eigenvalue weighted by atomic mass is 16.3. The van der Waals surface area contributed by atoms with Gasteiger partial charge < -0.3 is 15.3 Å². The van der Waals surface area contributed by atoms with Gasteiger partial charge in [0.15, 0.2) is 0 Å². The van der Waals surface area contributed by atoms with Crippen LogP contribution in [0.3, 0.4) is 0 Å². The van der Waals surface area contributed by atoms with E-state index in [0.29, 0.717) is 6.54 Å². The summed E-state index contributed by atoms with van der Waals surface area (Å²) in [5.41, 5.74) is 0.823. The van der Waals surface area contributed by atoms with E-state index in [1.807, 2.05) is 44.2 Å². The van der Waals surface area contributed by atoms with Gasteiger partial charge >= 0.3 is 0 Å². The van der Waals surface area contributed by atoms with Crippen molar-refractivity contribution in [3.05, 3.63) is 30.3 Å². The van der Waals surface area contributed by atoms with E-state index >= 15 is 0 Å². The number of para-hydroxylation sites is 1. The summed E-state index contributed by atoms with van der Waals surface area (Å²) in [6.45, 7) is 4.34. The summed E-state index contributed by atoms with van der Waals surface area (Å²) in [5.74, 6) is -0.330. The summed E-state index contributed by atoms with van der Waals surface area (Å²) in [6, 6.07) is 9.13. The molecule has 0 saturated carbocycles. The lowest BCUT2D eigenvalue weighted by atomic mass is 9.98. The lowest BCUT2D eigenvalue weighted by Crippen LogP contribution is -2.45. The first-order valence-corrected chi connectivity index (χ1v) is 7.83. The fourth-order valence-electron chi connectivity index (χ4n) is 2.69. The number of aliphatic hydroxyl groups excluding tert-OH is 1. The molecular weight excluding hydrogens is 280 g/mol.